The molecule has 2 N–H and O–H groups in total. The predicted octanol–water partition coefficient (Wildman–Crippen LogP) is 2.28. The number of likely N-dealkylation sites (tertiary alicyclic amines) is 1. The standard InChI is InChI=1S/C14H21N3S/c1-11-7-12(9-16-8-11)10-17-5-3-14(2,4-6-17)13(15)18/h7-9H,3-6,10H2,1-2H3,(H2,15,18). The summed E-state index contributed by atoms with van der Waals surface area (Å²) >= 11 is 5.16. The molecule has 2 rings (SSSR count). The van der Waals surface area contributed by atoms with E-state index in [0.29, 0.717) is 4.99 Å². The third kappa shape index (κ3) is 3.06. The van der Waals surface area contributed by atoms with Crippen LogP contribution in [0.4, 0.5) is 0 Å². The first-order valence-electron chi connectivity index (χ1n) is 6.42. The Kier molecular flexibility index (Phi) is 3.97. The summed E-state index contributed by atoms with van der Waals surface area (Å²) in [6.45, 7) is 7.35. The molecular formula is C14H21N3S. The van der Waals surface area contributed by atoms with Gasteiger partial charge >= 0.3 is 0 Å². The van der Waals surface area contributed by atoms with E-state index in [1.54, 1.807) is 0 Å². The smallest absolute Gasteiger partial charge is 0.0788 e. The molecule has 1 aromatic rings. The number of aromatic nitrogens is 1. The zero-order chi connectivity index (χ0) is 13.2. The monoisotopic (exact) mass is 263 g/mol. The van der Waals surface area contributed by atoms with Crippen molar-refractivity contribution < 1.29 is 0 Å². The highest BCUT2D eigenvalue weighted by atomic mass is 32.1. The van der Waals surface area contributed by atoms with Crippen LogP contribution < -0.4 is 5.73 Å². The molecule has 1 fully saturated rings. The van der Waals surface area contributed by atoms with Gasteiger partial charge in [0.15, 0.2) is 0 Å². The lowest BCUT2D eigenvalue weighted by Crippen LogP contribution is -2.44. The second-order valence-corrected chi connectivity index (χ2v) is 6.01. The maximum atomic E-state index is 5.82. The van der Waals surface area contributed by atoms with Crippen LogP contribution in [0.5, 0.6) is 0 Å². The summed E-state index contributed by atoms with van der Waals surface area (Å²) in [5, 5.41) is 0. The van der Waals surface area contributed by atoms with Gasteiger partial charge in [-0.3, -0.25) is 9.88 Å². The molecule has 0 aliphatic carbocycles. The minimum Gasteiger partial charge on any atom is -0.393 e. The molecule has 3 nitrogen and oxygen atoms in total. The summed E-state index contributed by atoms with van der Waals surface area (Å²) in [6.07, 6.45) is 5.96. The topological polar surface area (TPSA) is 42.2 Å². The molecule has 0 saturated carbocycles. The Balaban J connectivity index is 1.93. The SMILES string of the molecule is Cc1cncc(CN2CCC(C)(C(N)=S)CC2)c1. The van der Waals surface area contributed by atoms with Gasteiger partial charge in [-0.05, 0) is 44.0 Å². The van der Waals surface area contributed by atoms with E-state index in [1.165, 1.54) is 11.1 Å². The Morgan fingerprint density at radius 2 is 2.11 bits per heavy atom. The van der Waals surface area contributed by atoms with Gasteiger partial charge < -0.3 is 5.73 Å². The molecule has 1 aromatic heterocycles. The van der Waals surface area contributed by atoms with Crippen LogP contribution in [0.25, 0.3) is 0 Å². The van der Waals surface area contributed by atoms with Gasteiger partial charge in [0, 0.05) is 24.4 Å². The van der Waals surface area contributed by atoms with Crippen molar-refractivity contribution in [3.05, 3.63) is 29.6 Å². The van der Waals surface area contributed by atoms with E-state index in [2.05, 4.69) is 29.8 Å². The molecule has 0 atom stereocenters. The Morgan fingerprint density at radius 3 is 2.67 bits per heavy atom. The van der Waals surface area contributed by atoms with Crippen molar-refractivity contribution in [2.75, 3.05) is 13.1 Å². The van der Waals surface area contributed by atoms with E-state index in [9.17, 15) is 0 Å². The molecular weight excluding hydrogens is 242 g/mol. The van der Waals surface area contributed by atoms with Crippen LogP contribution in [0, 0.1) is 12.3 Å². The third-order valence-corrected chi connectivity index (χ3v) is 4.39. The van der Waals surface area contributed by atoms with Crippen LogP contribution in [0.15, 0.2) is 18.5 Å². The van der Waals surface area contributed by atoms with Crippen molar-refractivity contribution in [1.82, 2.24) is 9.88 Å². The third-order valence-electron chi connectivity index (χ3n) is 3.89. The van der Waals surface area contributed by atoms with Crippen molar-refractivity contribution in [2.45, 2.75) is 33.2 Å². The first-order valence-corrected chi connectivity index (χ1v) is 6.83. The fraction of sp³-hybridized carbons (Fsp3) is 0.571. The molecule has 0 radical (unpaired) electrons. The molecule has 1 aliphatic heterocycles. The van der Waals surface area contributed by atoms with Crippen molar-refractivity contribution in [3.8, 4) is 0 Å². The average molecular weight is 263 g/mol. The highest BCUT2D eigenvalue weighted by Gasteiger charge is 2.32. The minimum absolute atomic E-state index is 0.0523. The fourth-order valence-corrected chi connectivity index (χ4v) is 2.62. The van der Waals surface area contributed by atoms with E-state index >= 15 is 0 Å². The zero-order valence-corrected chi connectivity index (χ0v) is 12.0. The summed E-state index contributed by atoms with van der Waals surface area (Å²) in [5.41, 5.74) is 8.38. The maximum absolute atomic E-state index is 5.82. The van der Waals surface area contributed by atoms with Gasteiger partial charge in [-0.25, -0.2) is 0 Å². The highest BCUT2D eigenvalue weighted by molar-refractivity contribution is 7.80. The fourth-order valence-electron chi connectivity index (χ4n) is 2.41. The van der Waals surface area contributed by atoms with Gasteiger partial charge in [-0.15, -0.1) is 0 Å². The minimum atomic E-state index is 0.0523. The summed E-state index contributed by atoms with van der Waals surface area (Å²) in [4.78, 5) is 7.36. The number of piperidine rings is 1. The highest BCUT2D eigenvalue weighted by Crippen LogP contribution is 2.31. The summed E-state index contributed by atoms with van der Waals surface area (Å²) < 4.78 is 0. The van der Waals surface area contributed by atoms with Crippen LogP contribution in [-0.4, -0.2) is 28.0 Å². The number of hydrogen-bond donors (Lipinski definition) is 1. The van der Waals surface area contributed by atoms with Gasteiger partial charge in [0.1, 0.15) is 0 Å². The number of pyridine rings is 1. The first kappa shape index (κ1) is 13.4. The normalized spacial score (nSPS) is 19.7. The Hall–Kier alpha value is -1.00. The quantitative estimate of drug-likeness (QED) is 0.850. The lowest BCUT2D eigenvalue weighted by molar-refractivity contribution is 0.158. The van der Waals surface area contributed by atoms with Crippen LogP contribution in [-0.2, 0) is 6.54 Å². The number of aryl methyl sites for hydroxylation is 1. The van der Waals surface area contributed by atoms with E-state index in [0.717, 1.165) is 32.5 Å². The Labute approximate surface area is 114 Å². The second kappa shape index (κ2) is 5.33. The lowest BCUT2D eigenvalue weighted by Gasteiger charge is -2.38. The summed E-state index contributed by atoms with van der Waals surface area (Å²) in [6, 6.07) is 2.20. The van der Waals surface area contributed by atoms with Crippen molar-refractivity contribution in [2.24, 2.45) is 11.1 Å². The molecule has 1 saturated heterocycles. The van der Waals surface area contributed by atoms with Gasteiger partial charge in [-0.1, -0.05) is 25.2 Å². The second-order valence-electron chi connectivity index (χ2n) is 5.57. The number of rotatable bonds is 3. The lowest BCUT2D eigenvalue weighted by atomic mass is 9.80. The van der Waals surface area contributed by atoms with Crippen LogP contribution in [0.1, 0.15) is 30.9 Å². The van der Waals surface area contributed by atoms with Crippen molar-refractivity contribution in [1.29, 1.82) is 0 Å². The first-order chi connectivity index (χ1) is 8.49. The molecule has 0 unspecified atom stereocenters. The van der Waals surface area contributed by atoms with Crippen molar-refractivity contribution >= 4 is 17.2 Å². The molecule has 18 heavy (non-hydrogen) atoms. The van der Waals surface area contributed by atoms with Gasteiger partial charge in [-0.2, -0.15) is 0 Å². The van der Waals surface area contributed by atoms with E-state index in [1.807, 2.05) is 12.4 Å². The van der Waals surface area contributed by atoms with Gasteiger partial charge in [0.05, 0.1) is 4.99 Å². The largest absolute Gasteiger partial charge is 0.393 e. The number of thiocarbonyl (C=S) groups is 1. The van der Waals surface area contributed by atoms with E-state index in [-0.39, 0.29) is 5.41 Å². The molecule has 98 valence electrons. The Bertz CT molecular complexity index is 436. The van der Waals surface area contributed by atoms with Gasteiger partial charge in [0.25, 0.3) is 0 Å². The number of hydrogen-bond acceptors (Lipinski definition) is 3. The Morgan fingerprint density at radius 1 is 1.44 bits per heavy atom. The molecule has 0 bridgehead atoms. The predicted molar refractivity (Wildman–Crippen MR) is 78.4 cm³/mol. The van der Waals surface area contributed by atoms with Crippen LogP contribution >= 0.6 is 12.2 Å². The van der Waals surface area contributed by atoms with Gasteiger partial charge in [0.2, 0.25) is 0 Å². The zero-order valence-electron chi connectivity index (χ0n) is 11.1. The molecule has 0 spiro atoms. The molecule has 0 aromatic carbocycles. The van der Waals surface area contributed by atoms with E-state index in [4.69, 9.17) is 18.0 Å². The number of nitrogens with two attached hydrogens (primary N) is 1. The summed E-state index contributed by atoms with van der Waals surface area (Å²) in [5.74, 6) is 0. The maximum Gasteiger partial charge on any atom is 0.0788 e. The van der Waals surface area contributed by atoms with E-state index < -0.39 is 0 Å². The average Bonchev–Trinajstić information content (AvgIpc) is 2.32. The molecule has 1 aliphatic rings. The van der Waals surface area contributed by atoms with Crippen LogP contribution in [0.2, 0.25) is 0 Å². The molecule has 0 amide bonds. The molecule has 2 heterocycles. The molecule has 4 heteroatoms. The number of nitrogens with zero attached hydrogens (tertiary/aromatic N) is 2. The summed E-state index contributed by atoms with van der Waals surface area (Å²) in [7, 11) is 0. The van der Waals surface area contributed by atoms with Crippen molar-refractivity contribution in [3.63, 3.8) is 0 Å². The van der Waals surface area contributed by atoms with Crippen LogP contribution in [0.3, 0.4) is 0 Å².